The van der Waals surface area contributed by atoms with E-state index in [2.05, 4.69) is 10.3 Å². The van der Waals surface area contributed by atoms with Crippen LogP contribution >= 0.6 is 0 Å². The zero-order valence-electron chi connectivity index (χ0n) is 11.4. The van der Waals surface area contributed by atoms with Gasteiger partial charge in [-0.15, -0.1) is 0 Å². The van der Waals surface area contributed by atoms with E-state index >= 15 is 0 Å². The van der Waals surface area contributed by atoms with Crippen LogP contribution in [0.5, 0.6) is 0 Å². The van der Waals surface area contributed by atoms with E-state index in [1.54, 1.807) is 19.1 Å². The average Bonchev–Trinajstić information content (AvgIpc) is 2.97. The molecule has 0 aliphatic heterocycles. The van der Waals surface area contributed by atoms with Crippen molar-refractivity contribution in [1.29, 1.82) is 0 Å². The number of nitrogens with zero attached hydrogens (tertiary/aromatic N) is 1. The van der Waals surface area contributed by atoms with Crippen LogP contribution in [0.2, 0.25) is 0 Å². The first kappa shape index (κ1) is 13.9. The van der Waals surface area contributed by atoms with Crippen molar-refractivity contribution in [2.75, 3.05) is 5.32 Å². The number of carbonyl (C=O) groups is 2. The molecule has 6 nitrogen and oxygen atoms in total. The molecule has 0 atom stereocenters. The summed E-state index contributed by atoms with van der Waals surface area (Å²) in [5, 5.41) is 11.8. The topological polar surface area (TPSA) is 87.1 Å². The standard InChI is InChI=1S/C14H17N3O3/c1-3-6-17-7-4-5-11(17)13(18)16-10-8-15-9(2)12(10)14(19)20/h4-5,7-8,15H,3,6H2,1-2H3,(H,16,18)(H,19,20). The fourth-order valence-corrected chi connectivity index (χ4v) is 2.14. The van der Waals surface area contributed by atoms with Gasteiger partial charge in [-0.1, -0.05) is 6.92 Å². The maximum Gasteiger partial charge on any atom is 0.339 e. The molecule has 0 saturated carbocycles. The van der Waals surface area contributed by atoms with Gasteiger partial charge < -0.3 is 20.0 Å². The maximum absolute atomic E-state index is 12.2. The van der Waals surface area contributed by atoms with Gasteiger partial charge in [-0.25, -0.2) is 4.79 Å². The highest BCUT2D eigenvalue weighted by Gasteiger charge is 2.18. The summed E-state index contributed by atoms with van der Waals surface area (Å²) in [5.41, 5.74) is 1.40. The third kappa shape index (κ3) is 2.59. The van der Waals surface area contributed by atoms with E-state index in [0.717, 1.165) is 13.0 Å². The molecule has 0 spiro atoms. The van der Waals surface area contributed by atoms with Crippen LogP contribution in [0.25, 0.3) is 0 Å². The minimum atomic E-state index is -1.07. The molecule has 1 amide bonds. The molecule has 0 bridgehead atoms. The molecule has 0 aliphatic rings. The van der Waals surface area contributed by atoms with Crippen LogP contribution in [0.4, 0.5) is 5.69 Å². The van der Waals surface area contributed by atoms with Crippen molar-refractivity contribution in [3.8, 4) is 0 Å². The van der Waals surface area contributed by atoms with E-state index in [1.165, 1.54) is 6.20 Å². The largest absolute Gasteiger partial charge is 0.478 e. The minimum absolute atomic E-state index is 0.0898. The fourth-order valence-electron chi connectivity index (χ4n) is 2.14. The normalized spacial score (nSPS) is 10.5. The Balaban J connectivity index is 2.24. The Morgan fingerprint density at radius 3 is 2.85 bits per heavy atom. The molecule has 3 N–H and O–H groups in total. The van der Waals surface area contributed by atoms with E-state index in [-0.39, 0.29) is 17.2 Å². The Labute approximate surface area is 116 Å². The summed E-state index contributed by atoms with van der Waals surface area (Å²) in [6.45, 7) is 4.42. The number of carboxylic acid groups (broad SMARTS) is 1. The van der Waals surface area contributed by atoms with E-state index in [9.17, 15) is 9.59 Å². The van der Waals surface area contributed by atoms with Gasteiger partial charge >= 0.3 is 5.97 Å². The molecular formula is C14H17N3O3. The van der Waals surface area contributed by atoms with Gasteiger partial charge in [0.1, 0.15) is 11.3 Å². The van der Waals surface area contributed by atoms with Crippen molar-refractivity contribution in [3.05, 3.63) is 41.5 Å². The van der Waals surface area contributed by atoms with Gasteiger partial charge in [-0.05, 0) is 25.5 Å². The van der Waals surface area contributed by atoms with Crippen LogP contribution in [0.3, 0.4) is 0 Å². The molecule has 0 radical (unpaired) electrons. The number of hydrogen-bond acceptors (Lipinski definition) is 2. The first-order chi connectivity index (χ1) is 9.54. The minimum Gasteiger partial charge on any atom is -0.478 e. The van der Waals surface area contributed by atoms with Crippen LogP contribution in [-0.4, -0.2) is 26.5 Å². The van der Waals surface area contributed by atoms with Crippen molar-refractivity contribution in [1.82, 2.24) is 9.55 Å². The molecule has 2 rings (SSSR count). The Morgan fingerprint density at radius 2 is 2.20 bits per heavy atom. The number of aryl methyl sites for hydroxylation is 2. The maximum atomic E-state index is 12.2. The zero-order chi connectivity index (χ0) is 14.7. The van der Waals surface area contributed by atoms with Gasteiger partial charge in [0.2, 0.25) is 0 Å². The Bertz CT molecular complexity index is 640. The number of amides is 1. The van der Waals surface area contributed by atoms with Crippen LogP contribution in [0, 0.1) is 6.92 Å². The second-order valence-corrected chi connectivity index (χ2v) is 4.55. The van der Waals surface area contributed by atoms with E-state index in [1.807, 2.05) is 17.7 Å². The molecule has 2 heterocycles. The van der Waals surface area contributed by atoms with Gasteiger partial charge in [-0.3, -0.25) is 4.79 Å². The highest BCUT2D eigenvalue weighted by Crippen LogP contribution is 2.20. The van der Waals surface area contributed by atoms with Gasteiger partial charge in [0.15, 0.2) is 0 Å². The second kappa shape index (κ2) is 5.64. The first-order valence-electron chi connectivity index (χ1n) is 6.42. The number of aromatic carboxylic acids is 1. The lowest BCUT2D eigenvalue weighted by Gasteiger charge is -2.08. The number of H-pyrrole nitrogens is 1. The third-order valence-corrected chi connectivity index (χ3v) is 3.07. The zero-order valence-corrected chi connectivity index (χ0v) is 11.4. The third-order valence-electron chi connectivity index (χ3n) is 3.07. The summed E-state index contributed by atoms with van der Waals surface area (Å²) in [7, 11) is 0. The molecule has 0 fully saturated rings. The predicted molar refractivity (Wildman–Crippen MR) is 75.2 cm³/mol. The molecule has 0 aliphatic carbocycles. The molecule has 20 heavy (non-hydrogen) atoms. The van der Waals surface area contributed by atoms with E-state index < -0.39 is 5.97 Å². The number of carbonyl (C=O) groups excluding carboxylic acids is 1. The predicted octanol–water partition coefficient (Wildman–Crippen LogP) is 2.49. The number of aromatic amines is 1. The number of carboxylic acids is 1. The SMILES string of the molecule is CCCn1cccc1C(=O)Nc1c[nH]c(C)c1C(=O)O. The summed E-state index contributed by atoms with van der Waals surface area (Å²) in [5.74, 6) is -1.38. The number of nitrogens with one attached hydrogen (secondary N) is 2. The van der Waals surface area contributed by atoms with Crippen molar-refractivity contribution < 1.29 is 14.7 Å². The van der Waals surface area contributed by atoms with Crippen LogP contribution in [0.15, 0.2) is 24.5 Å². The highest BCUT2D eigenvalue weighted by molar-refractivity contribution is 6.07. The lowest BCUT2D eigenvalue weighted by atomic mass is 10.2. The molecule has 106 valence electrons. The lowest BCUT2D eigenvalue weighted by Crippen LogP contribution is -2.18. The molecule has 0 aromatic carbocycles. The first-order valence-corrected chi connectivity index (χ1v) is 6.42. The second-order valence-electron chi connectivity index (χ2n) is 4.55. The summed E-state index contributed by atoms with van der Waals surface area (Å²) in [4.78, 5) is 26.2. The Morgan fingerprint density at radius 1 is 1.45 bits per heavy atom. The van der Waals surface area contributed by atoms with Crippen LogP contribution < -0.4 is 5.32 Å². The quantitative estimate of drug-likeness (QED) is 0.783. The number of anilines is 1. The smallest absolute Gasteiger partial charge is 0.339 e. The Kier molecular flexibility index (Phi) is 3.93. The fraction of sp³-hybridized carbons (Fsp3) is 0.286. The average molecular weight is 275 g/mol. The number of rotatable bonds is 5. The summed E-state index contributed by atoms with van der Waals surface area (Å²) in [6, 6.07) is 3.51. The summed E-state index contributed by atoms with van der Waals surface area (Å²) < 4.78 is 1.84. The summed E-state index contributed by atoms with van der Waals surface area (Å²) in [6.07, 6.45) is 4.24. The van der Waals surface area contributed by atoms with Gasteiger partial charge in [0.05, 0.1) is 5.69 Å². The molecule has 2 aromatic heterocycles. The van der Waals surface area contributed by atoms with Crippen molar-refractivity contribution in [2.45, 2.75) is 26.8 Å². The van der Waals surface area contributed by atoms with Gasteiger partial charge in [-0.2, -0.15) is 0 Å². The van der Waals surface area contributed by atoms with Crippen LogP contribution in [-0.2, 0) is 6.54 Å². The molecule has 6 heteroatoms. The molecule has 0 saturated heterocycles. The molecule has 0 unspecified atom stereocenters. The summed E-state index contributed by atoms with van der Waals surface area (Å²) >= 11 is 0. The number of aromatic nitrogens is 2. The Hall–Kier alpha value is -2.50. The van der Waals surface area contributed by atoms with Crippen molar-refractivity contribution in [2.24, 2.45) is 0 Å². The highest BCUT2D eigenvalue weighted by atomic mass is 16.4. The molecular weight excluding hydrogens is 258 g/mol. The number of hydrogen-bond donors (Lipinski definition) is 3. The monoisotopic (exact) mass is 275 g/mol. The van der Waals surface area contributed by atoms with E-state index in [0.29, 0.717) is 11.4 Å². The van der Waals surface area contributed by atoms with Crippen molar-refractivity contribution in [3.63, 3.8) is 0 Å². The van der Waals surface area contributed by atoms with Crippen molar-refractivity contribution >= 4 is 17.6 Å². The van der Waals surface area contributed by atoms with Gasteiger partial charge in [0.25, 0.3) is 5.91 Å². The lowest BCUT2D eigenvalue weighted by molar-refractivity contribution is 0.0697. The molecule has 2 aromatic rings. The van der Waals surface area contributed by atoms with Crippen LogP contribution in [0.1, 0.15) is 39.9 Å². The van der Waals surface area contributed by atoms with E-state index in [4.69, 9.17) is 5.11 Å². The van der Waals surface area contributed by atoms with Gasteiger partial charge in [0, 0.05) is 24.6 Å².